The van der Waals surface area contributed by atoms with Crippen LogP contribution >= 0.6 is 27.5 Å². The molecule has 2 rings (SSSR count). The largest absolute Gasteiger partial charge is 0.457 e. The van der Waals surface area contributed by atoms with E-state index < -0.39 is 0 Å². The molecule has 0 spiro atoms. The highest BCUT2D eigenvalue weighted by Gasteiger charge is 2.05. The minimum absolute atomic E-state index is 0.595. The first-order valence-corrected chi connectivity index (χ1v) is 7.02. The van der Waals surface area contributed by atoms with Crippen molar-refractivity contribution in [2.24, 2.45) is 0 Å². The number of halogens is 2. The van der Waals surface area contributed by atoms with Crippen molar-refractivity contribution in [1.82, 2.24) is 0 Å². The molecule has 0 saturated carbocycles. The molecule has 0 heterocycles. The van der Waals surface area contributed by atoms with Crippen molar-refractivity contribution < 1.29 is 9.53 Å². The van der Waals surface area contributed by atoms with E-state index in [1.54, 1.807) is 18.2 Å². The third-order valence-corrected chi connectivity index (χ3v) is 3.79. The van der Waals surface area contributed by atoms with Crippen molar-refractivity contribution in [2.75, 3.05) is 0 Å². The van der Waals surface area contributed by atoms with Crippen LogP contribution in [0.1, 0.15) is 22.8 Å². The summed E-state index contributed by atoms with van der Waals surface area (Å²) >= 11 is 9.39. The Labute approximate surface area is 125 Å². The van der Waals surface area contributed by atoms with Crippen LogP contribution < -0.4 is 4.74 Å². The number of aryl methyl sites for hydroxylation is 1. The monoisotopic (exact) mass is 338 g/mol. The van der Waals surface area contributed by atoms with Gasteiger partial charge in [-0.05, 0) is 64.3 Å². The maximum atomic E-state index is 10.7. The van der Waals surface area contributed by atoms with Crippen LogP contribution in [0.3, 0.4) is 0 Å². The molecule has 0 aliphatic rings. The molecule has 0 radical (unpaired) electrons. The fraction of sp³-hybridized carbons (Fsp3) is 0.133. The molecule has 2 aromatic carbocycles. The van der Waals surface area contributed by atoms with Gasteiger partial charge in [-0.2, -0.15) is 0 Å². The summed E-state index contributed by atoms with van der Waals surface area (Å²) < 4.78 is 6.46. The molecule has 0 fully saturated rings. The minimum atomic E-state index is 0.595. The Hall–Kier alpha value is -1.32. The van der Waals surface area contributed by atoms with Crippen LogP contribution in [0.15, 0.2) is 40.9 Å². The molecule has 0 aliphatic carbocycles. The van der Waals surface area contributed by atoms with E-state index in [0.29, 0.717) is 15.8 Å². The second-order valence-corrected chi connectivity index (χ2v) is 5.27. The second kappa shape index (κ2) is 6.22. The van der Waals surface area contributed by atoms with E-state index >= 15 is 0 Å². The molecular weight excluding hydrogens is 328 g/mol. The summed E-state index contributed by atoms with van der Waals surface area (Å²) in [6.07, 6.45) is 1.65. The Kier molecular flexibility index (Phi) is 4.61. The maximum absolute atomic E-state index is 10.7. The van der Waals surface area contributed by atoms with Gasteiger partial charge < -0.3 is 4.74 Å². The number of hydrogen-bond donors (Lipinski definition) is 0. The SMILES string of the molecule is CCc1cc(Oc2ccc(C=O)c(Br)c2)ccc1Cl. The predicted molar refractivity (Wildman–Crippen MR) is 80.4 cm³/mol. The van der Waals surface area contributed by atoms with Gasteiger partial charge >= 0.3 is 0 Å². The molecule has 0 bridgehead atoms. The van der Waals surface area contributed by atoms with Crippen molar-refractivity contribution >= 4 is 33.8 Å². The van der Waals surface area contributed by atoms with Gasteiger partial charge in [-0.1, -0.05) is 18.5 Å². The molecule has 98 valence electrons. The van der Waals surface area contributed by atoms with Gasteiger partial charge in [0.25, 0.3) is 0 Å². The Balaban J connectivity index is 2.26. The van der Waals surface area contributed by atoms with Gasteiger partial charge in [0.2, 0.25) is 0 Å². The van der Waals surface area contributed by atoms with Crippen LogP contribution in [0.4, 0.5) is 0 Å². The first kappa shape index (κ1) is 14.1. The standard InChI is InChI=1S/C15H12BrClO2/c1-2-10-7-12(5-6-15(10)17)19-13-4-3-11(9-18)14(16)8-13/h3-9H,2H2,1H3. The first-order valence-electron chi connectivity index (χ1n) is 5.85. The Morgan fingerprint density at radius 1 is 1.21 bits per heavy atom. The lowest BCUT2D eigenvalue weighted by Crippen LogP contribution is -1.89. The van der Waals surface area contributed by atoms with Crippen molar-refractivity contribution in [2.45, 2.75) is 13.3 Å². The van der Waals surface area contributed by atoms with Crippen molar-refractivity contribution in [3.8, 4) is 11.5 Å². The smallest absolute Gasteiger partial charge is 0.151 e. The highest BCUT2D eigenvalue weighted by molar-refractivity contribution is 9.10. The molecule has 0 atom stereocenters. The normalized spacial score (nSPS) is 10.3. The number of hydrogen-bond acceptors (Lipinski definition) is 2. The first-order chi connectivity index (χ1) is 9.13. The molecule has 2 nitrogen and oxygen atoms in total. The van der Waals surface area contributed by atoms with Gasteiger partial charge in [0.15, 0.2) is 6.29 Å². The average molecular weight is 340 g/mol. The molecule has 4 heteroatoms. The van der Waals surface area contributed by atoms with Gasteiger partial charge in [0.05, 0.1) is 0 Å². The Bertz CT molecular complexity index is 611. The number of rotatable bonds is 4. The van der Waals surface area contributed by atoms with Crippen molar-refractivity contribution in [3.63, 3.8) is 0 Å². The average Bonchev–Trinajstić information content (AvgIpc) is 2.41. The molecule has 0 unspecified atom stereocenters. The molecule has 0 aromatic heterocycles. The van der Waals surface area contributed by atoms with E-state index in [1.165, 1.54) is 0 Å². The second-order valence-electron chi connectivity index (χ2n) is 4.01. The topological polar surface area (TPSA) is 26.3 Å². The highest BCUT2D eigenvalue weighted by atomic mass is 79.9. The Morgan fingerprint density at radius 3 is 2.53 bits per heavy atom. The lowest BCUT2D eigenvalue weighted by molar-refractivity contribution is 0.112. The lowest BCUT2D eigenvalue weighted by Gasteiger charge is -2.09. The molecule has 2 aromatic rings. The number of ether oxygens (including phenoxy) is 1. The third-order valence-electron chi connectivity index (χ3n) is 2.73. The summed E-state index contributed by atoms with van der Waals surface area (Å²) in [5.74, 6) is 1.40. The van der Waals surface area contributed by atoms with E-state index in [0.717, 1.165) is 29.0 Å². The molecule has 0 aliphatic heterocycles. The number of carbonyl (C=O) groups is 1. The van der Waals surface area contributed by atoms with E-state index in [1.807, 2.05) is 25.1 Å². The lowest BCUT2D eigenvalue weighted by atomic mass is 10.1. The van der Waals surface area contributed by atoms with Crippen LogP contribution in [0.5, 0.6) is 11.5 Å². The summed E-state index contributed by atoms with van der Waals surface area (Å²) in [6.45, 7) is 2.04. The van der Waals surface area contributed by atoms with Crippen LogP contribution in [-0.4, -0.2) is 6.29 Å². The molecule has 19 heavy (non-hydrogen) atoms. The van der Waals surface area contributed by atoms with Gasteiger partial charge in [0.1, 0.15) is 11.5 Å². The maximum Gasteiger partial charge on any atom is 0.151 e. The number of carbonyl (C=O) groups excluding carboxylic acids is 1. The zero-order chi connectivity index (χ0) is 13.8. The van der Waals surface area contributed by atoms with E-state index in [-0.39, 0.29) is 0 Å². The minimum Gasteiger partial charge on any atom is -0.457 e. The zero-order valence-electron chi connectivity index (χ0n) is 10.3. The highest BCUT2D eigenvalue weighted by Crippen LogP contribution is 2.29. The van der Waals surface area contributed by atoms with Gasteiger partial charge in [0, 0.05) is 15.1 Å². The molecule has 0 amide bonds. The molecular formula is C15H12BrClO2. The summed E-state index contributed by atoms with van der Waals surface area (Å²) in [7, 11) is 0. The quantitative estimate of drug-likeness (QED) is 0.709. The van der Waals surface area contributed by atoms with Gasteiger partial charge in [-0.25, -0.2) is 0 Å². The third kappa shape index (κ3) is 3.37. The van der Waals surface area contributed by atoms with Crippen LogP contribution in [-0.2, 0) is 6.42 Å². The van der Waals surface area contributed by atoms with Crippen LogP contribution in [0.25, 0.3) is 0 Å². The fourth-order valence-corrected chi connectivity index (χ4v) is 2.39. The summed E-state index contributed by atoms with van der Waals surface area (Å²) in [5.41, 5.74) is 1.64. The van der Waals surface area contributed by atoms with Gasteiger partial charge in [-0.3, -0.25) is 4.79 Å². The molecule has 0 saturated heterocycles. The number of aldehydes is 1. The summed E-state index contributed by atoms with van der Waals surface area (Å²) in [6, 6.07) is 10.8. The van der Waals surface area contributed by atoms with E-state index in [2.05, 4.69) is 15.9 Å². The van der Waals surface area contributed by atoms with Gasteiger partial charge in [-0.15, -0.1) is 0 Å². The van der Waals surface area contributed by atoms with Crippen molar-refractivity contribution in [1.29, 1.82) is 0 Å². The van der Waals surface area contributed by atoms with E-state index in [4.69, 9.17) is 16.3 Å². The van der Waals surface area contributed by atoms with Crippen LogP contribution in [0.2, 0.25) is 5.02 Å². The van der Waals surface area contributed by atoms with Crippen molar-refractivity contribution in [3.05, 3.63) is 57.0 Å². The predicted octanol–water partition coefficient (Wildman–Crippen LogP) is 5.27. The zero-order valence-corrected chi connectivity index (χ0v) is 12.7. The van der Waals surface area contributed by atoms with E-state index in [9.17, 15) is 4.79 Å². The van der Waals surface area contributed by atoms with Crippen LogP contribution in [0, 0.1) is 0 Å². The fourth-order valence-electron chi connectivity index (χ4n) is 1.69. The molecule has 0 N–H and O–H groups in total. The summed E-state index contributed by atoms with van der Waals surface area (Å²) in [5, 5.41) is 0.743. The number of benzene rings is 2. The Morgan fingerprint density at radius 2 is 1.89 bits per heavy atom. The summed E-state index contributed by atoms with van der Waals surface area (Å²) in [4.78, 5) is 10.7.